The van der Waals surface area contributed by atoms with Crippen molar-refractivity contribution in [2.75, 3.05) is 27.9 Å². The number of nitro benzene ring substituents is 1. The molecule has 1 aromatic rings. The van der Waals surface area contributed by atoms with Crippen LogP contribution in [-0.2, 0) is 11.3 Å². The van der Waals surface area contributed by atoms with Gasteiger partial charge in [0, 0.05) is 12.1 Å². The number of nitro groups is 1. The van der Waals surface area contributed by atoms with Crippen molar-refractivity contribution in [3.63, 3.8) is 0 Å². The molecular formula is C14H20N2O6. The third-order valence-electron chi connectivity index (χ3n) is 3.38. The van der Waals surface area contributed by atoms with Gasteiger partial charge in [0.1, 0.15) is 5.78 Å². The molecule has 8 nitrogen and oxygen atoms in total. The van der Waals surface area contributed by atoms with Gasteiger partial charge in [-0.1, -0.05) is 0 Å². The van der Waals surface area contributed by atoms with Gasteiger partial charge in [0.25, 0.3) is 5.69 Å². The van der Waals surface area contributed by atoms with Gasteiger partial charge in [0.2, 0.25) is 0 Å². The SMILES string of the molecule is COc1cc(CN(C)[C@@H](CO)C(C)=O)c([N+](=O)[O-])cc1OC. The molecule has 0 fully saturated rings. The Morgan fingerprint density at radius 1 is 1.36 bits per heavy atom. The molecule has 122 valence electrons. The van der Waals surface area contributed by atoms with E-state index in [-0.39, 0.29) is 30.4 Å². The highest BCUT2D eigenvalue weighted by molar-refractivity contribution is 5.81. The smallest absolute Gasteiger partial charge is 0.277 e. The maximum absolute atomic E-state index is 11.5. The highest BCUT2D eigenvalue weighted by atomic mass is 16.6. The summed E-state index contributed by atoms with van der Waals surface area (Å²) in [6.45, 7) is 1.12. The van der Waals surface area contributed by atoms with Crippen LogP contribution in [-0.4, -0.2) is 54.6 Å². The second-order valence-electron chi connectivity index (χ2n) is 4.82. The van der Waals surface area contributed by atoms with Crippen LogP contribution in [0, 0.1) is 10.1 Å². The van der Waals surface area contributed by atoms with E-state index in [9.17, 15) is 20.0 Å². The molecule has 1 N–H and O–H groups in total. The molecule has 0 heterocycles. The number of nitrogens with zero attached hydrogens (tertiary/aromatic N) is 2. The normalized spacial score (nSPS) is 12.1. The van der Waals surface area contributed by atoms with Gasteiger partial charge < -0.3 is 14.6 Å². The first kappa shape index (κ1) is 17.9. The van der Waals surface area contributed by atoms with E-state index in [1.807, 2.05) is 0 Å². The molecule has 1 aromatic carbocycles. The minimum absolute atomic E-state index is 0.113. The molecule has 0 saturated heterocycles. The lowest BCUT2D eigenvalue weighted by atomic mass is 10.1. The van der Waals surface area contributed by atoms with E-state index in [0.29, 0.717) is 11.3 Å². The van der Waals surface area contributed by atoms with Gasteiger partial charge in [-0.25, -0.2) is 0 Å². The van der Waals surface area contributed by atoms with Crippen LogP contribution in [0.4, 0.5) is 5.69 Å². The zero-order valence-corrected chi connectivity index (χ0v) is 13.0. The monoisotopic (exact) mass is 312 g/mol. The van der Waals surface area contributed by atoms with Gasteiger partial charge in [0.15, 0.2) is 11.5 Å². The number of aliphatic hydroxyl groups is 1. The minimum Gasteiger partial charge on any atom is -0.493 e. The number of aliphatic hydroxyl groups excluding tert-OH is 1. The number of methoxy groups -OCH3 is 2. The third-order valence-corrected chi connectivity index (χ3v) is 3.38. The van der Waals surface area contributed by atoms with Gasteiger partial charge in [-0.2, -0.15) is 0 Å². The topological polar surface area (TPSA) is 102 Å². The summed E-state index contributed by atoms with van der Waals surface area (Å²) in [4.78, 5) is 23.7. The number of hydrogen-bond acceptors (Lipinski definition) is 7. The highest BCUT2D eigenvalue weighted by Crippen LogP contribution is 2.35. The number of carbonyl (C=O) groups excluding carboxylic acids is 1. The van der Waals surface area contributed by atoms with E-state index in [1.165, 1.54) is 33.3 Å². The first-order valence-corrected chi connectivity index (χ1v) is 6.56. The van der Waals surface area contributed by atoms with Gasteiger partial charge in [-0.05, 0) is 20.0 Å². The Morgan fingerprint density at radius 2 is 1.91 bits per heavy atom. The fourth-order valence-electron chi connectivity index (χ4n) is 2.16. The van der Waals surface area contributed by atoms with Crippen molar-refractivity contribution in [3.8, 4) is 11.5 Å². The van der Waals surface area contributed by atoms with Gasteiger partial charge in [-0.3, -0.25) is 19.8 Å². The van der Waals surface area contributed by atoms with E-state index < -0.39 is 11.0 Å². The van der Waals surface area contributed by atoms with E-state index >= 15 is 0 Å². The lowest BCUT2D eigenvalue weighted by Crippen LogP contribution is -2.39. The number of carbonyl (C=O) groups is 1. The standard InChI is InChI=1S/C14H20N2O6/c1-9(18)12(8-17)15(2)7-10-5-13(21-3)14(22-4)6-11(10)16(19)20/h5-6,12,17H,7-8H2,1-4H3/t12-/m0/s1. The van der Waals surface area contributed by atoms with Crippen molar-refractivity contribution in [3.05, 3.63) is 27.8 Å². The van der Waals surface area contributed by atoms with Crippen LogP contribution in [0.5, 0.6) is 11.5 Å². The second kappa shape index (κ2) is 7.71. The number of Topliss-reactive ketones (excluding diaryl/α,β-unsaturated/α-hetero) is 1. The molecule has 0 aliphatic rings. The second-order valence-corrected chi connectivity index (χ2v) is 4.82. The Balaban J connectivity index is 3.22. The molecule has 0 aliphatic heterocycles. The number of rotatable bonds is 8. The van der Waals surface area contributed by atoms with Crippen molar-refractivity contribution in [2.24, 2.45) is 0 Å². The number of ketones is 1. The van der Waals surface area contributed by atoms with E-state index in [4.69, 9.17) is 9.47 Å². The molecule has 0 saturated carbocycles. The third kappa shape index (κ3) is 3.92. The molecule has 0 aliphatic carbocycles. The summed E-state index contributed by atoms with van der Waals surface area (Å²) in [7, 11) is 4.44. The first-order chi connectivity index (χ1) is 10.3. The average Bonchev–Trinajstić information content (AvgIpc) is 2.46. The molecule has 1 rings (SSSR count). The maximum atomic E-state index is 11.5. The van der Waals surface area contributed by atoms with Crippen LogP contribution >= 0.6 is 0 Å². The Hall–Kier alpha value is -2.19. The quantitative estimate of drug-likeness (QED) is 0.564. The van der Waals surface area contributed by atoms with Crippen LogP contribution in [0.3, 0.4) is 0 Å². The number of likely N-dealkylation sites (N-methyl/N-ethyl adjacent to an activating group) is 1. The van der Waals surface area contributed by atoms with E-state index in [2.05, 4.69) is 0 Å². The summed E-state index contributed by atoms with van der Waals surface area (Å²) < 4.78 is 10.2. The number of hydrogen-bond donors (Lipinski definition) is 1. The Labute approximate surface area is 128 Å². The van der Waals surface area contributed by atoms with Crippen LogP contribution in [0.1, 0.15) is 12.5 Å². The molecular weight excluding hydrogens is 292 g/mol. The van der Waals surface area contributed by atoms with Crippen molar-refractivity contribution in [1.29, 1.82) is 0 Å². The molecule has 0 aromatic heterocycles. The summed E-state index contributed by atoms with van der Waals surface area (Å²) in [5.41, 5.74) is 0.231. The molecule has 22 heavy (non-hydrogen) atoms. The average molecular weight is 312 g/mol. The Kier molecular flexibility index (Phi) is 6.26. The number of ether oxygens (including phenoxy) is 2. The summed E-state index contributed by atoms with van der Waals surface area (Å²) in [6, 6.07) is 2.07. The van der Waals surface area contributed by atoms with Crippen molar-refractivity contribution < 1.29 is 24.3 Å². The van der Waals surface area contributed by atoms with Crippen molar-refractivity contribution in [1.82, 2.24) is 4.90 Å². The highest BCUT2D eigenvalue weighted by Gasteiger charge is 2.24. The molecule has 0 bridgehead atoms. The van der Waals surface area contributed by atoms with Gasteiger partial charge in [0.05, 0.1) is 37.9 Å². The predicted molar refractivity (Wildman–Crippen MR) is 79.2 cm³/mol. The first-order valence-electron chi connectivity index (χ1n) is 6.56. The zero-order chi connectivity index (χ0) is 16.9. The summed E-state index contributed by atoms with van der Waals surface area (Å²) >= 11 is 0. The molecule has 0 unspecified atom stereocenters. The summed E-state index contributed by atoms with van der Waals surface area (Å²) in [5, 5.41) is 20.5. The van der Waals surface area contributed by atoms with Crippen molar-refractivity contribution in [2.45, 2.75) is 19.5 Å². The molecule has 0 spiro atoms. The van der Waals surface area contributed by atoms with Crippen LogP contribution in [0.2, 0.25) is 0 Å². The number of benzene rings is 1. The van der Waals surface area contributed by atoms with Crippen LogP contribution in [0.25, 0.3) is 0 Å². The summed E-state index contributed by atoms with van der Waals surface area (Å²) in [6.07, 6.45) is 0. The lowest BCUT2D eigenvalue weighted by molar-refractivity contribution is -0.385. The fourth-order valence-corrected chi connectivity index (χ4v) is 2.16. The van der Waals surface area contributed by atoms with E-state index in [0.717, 1.165) is 0 Å². The van der Waals surface area contributed by atoms with Gasteiger partial charge in [-0.15, -0.1) is 0 Å². The molecule has 0 radical (unpaired) electrons. The molecule has 0 amide bonds. The van der Waals surface area contributed by atoms with E-state index in [1.54, 1.807) is 11.9 Å². The predicted octanol–water partition coefficient (Wildman–Crippen LogP) is 0.994. The Bertz CT molecular complexity index is 561. The van der Waals surface area contributed by atoms with Crippen molar-refractivity contribution >= 4 is 11.5 Å². The van der Waals surface area contributed by atoms with Crippen LogP contribution in [0.15, 0.2) is 12.1 Å². The zero-order valence-electron chi connectivity index (χ0n) is 13.0. The lowest BCUT2D eigenvalue weighted by Gasteiger charge is -2.24. The maximum Gasteiger partial charge on any atom is 0.277 e. The van der Waals surface area contributed by atoms with Crippen LogP contribution < -0.4 is 9.47 Å². The molecule has 1 atom stereocenters. The minimum atomic E-state index is -0.715. The fraction of sp³-hybridized carbons (Fsp3) is 0.500. The molecule has 8 heteroatoms. The largest absolute Gasteiger partial charge is 0.493 e. The summed E-state index contributed by atoms with van der Waals surface area (Å²) in [5.74, 6) is 0.402. The Morgan fingerprint density at radius 3 is 2.32 bits per heavy atom. The van der Waals surface area contributed by atoms with Gasteiger partial charge >= 0.3 is 0 Å².